The lowest BCUT2D eigenvalue weighted by Gasteiger charge is -2.06. The van der Waals surface area contributed by atoms with Gasteiger partial charge in [-0.15, -0.1) is 0 Å². The van der Waals surface area contributed by atoms with Crippen molar-refractivity contribution in [1.82, 2.24) is 0 Å². The highest BCUT2D eigenvalue weighted by atomic mass is 35.5. The van der Waals surface area contributed by atoms with Gasteiger partial charge < -0.3 is 9.52 Å². The molecule has 1 aromatic heterocycles. The van der Waals surface area contributed by atoms with Crippen LogP contribution in [0.3, 0.4) is 0 Å². The summed E-state index contributed by atoms with van der Waals surface area (Å²) in [5.74, 6) is -0.0741. The average molecular weight is 253 g/mol. The van der Waals surface area contributed by atoms with E-state index in [1.54, 1.807) is 6.07 Å². The van der Waals surface area contributed by atoms with Gasteiger partial charge in [0.2, 0.25) is 0 Å². The lowest BCUT2D eigenvalue weighted by atomic mass is 10.0. The second-order valence-corrected chi connectivity index (χ2v) is 4.40. The van der Waals surface area contributed by atoms with Crippen molar-refractivity contribution < 1.29 is 9.52 Å². The molecule has 0 fully saturated rings. The van der Waals surface area contributed by atoms with Gasteiger partial charge in [-0.3, -0.25) is 0 Å². The Labute approximate surface area is 104 Å². The number of rotatable bonds is 3. The average Bonchev–Trinajstić information content (AvgIpc) is 2.28. The number of phenolic OH excluding ortho intramolecular Hbond substituents is 1. The van der Waals surface area contributed by atoms with Crippen molar-refractivity contribution in [3.05, 3.63) is 39.2 Å². The third kappa shape index (κ3) is 2.44. The summed E-state index contributed by atoms with van der Waals surface area (Å²) in [5.41, 5.74) is 0.899. The summed E-state index contributed by atoms with van der Waals surface area (Å²) in [5, 5.41) is 10.5. The lowest BCUT2D eigenvalue weighted by molar-refractivity contribution is 0.473. The van der Waals surface area contributed by atoms with E-state index in [4.69, 9.17) is 16.0 Å². The molecule has 0 saturated carbocycles. The fourth-order valence-electron chi connectivity index (χ4n) is 1.81. The number of aryl methyl sites for hydroxylation is 1. The van der Waals surface area contributed by atoms with Crippen molar-refractivity contribution in [3.63, 3.8) is 0 Å². The van der Waals surface area contributed by atoms with Crippen LogP contribution in [0.25, 0.3) is 11.0 Å². The summed E-state index contributed by atoms with van der Waals surface area (Å²) in [4.78, 5) is 11.4. The highest BCUT2D eigenvalue weighted by Crippen LogP contribution is 2.30. The van der Waals surface area contributed by atoms with Crippen LogP contribution < -0.4 is 5.63 Å². The van der Waals surface area contributed by atoms with Crippen LogP contribution in [0.15, 0.2) is 27.4 Å². The van der Waals surface area contributed by atoms with Crippen molar-refractivity contribution in [2.45, 2.75) is 26.2 Å². The van der Waals surface area contributed by atoms with Crippen LogP contribution >= 0.6 is 11.6 Å². The van der Waals surface area contributed by atoms with Crippen LogP contribution in [0.2, 0.25) is 5.02 Å². The van der Waals surface area contributed by atoms with Gasteiger partial charge in [-0.25, -0.2) is 4.79 Å². The van der Waals surface area contributed by atoms with Crippen molar-refractivity contribution >= 4 is 22.6 Å². The normalized spacial score (nSPS) is 10.9. The number of benzene rings is 1. The fourth-order valence-corrected chi connectivity index (χ4v) is 1.97. The third-order valence-electron chi connectivity index (χ3n) is 2.70. The van der Waals surface area contributed by atoms with Crippen LogP contribution in [-0.2, 0) is 6.42 Å². The topological polar surface area (TPSA) is 50.4 Å². The second kappa shape index (κ2) is 4.80. The van der Waals surface area contributed by atoms with Crippen molar-refractivity contribution in [2.24, 2.45) is 0 Å². The molecular formula is C13H13ClO3. The summed E-state index contributed by atoms with van der Waals surface area (Å²) < 4.78 is 5.04. The van der Waals surface area contributed by atoms with Gasteiger partial charge in [-0.2, -0.15) is 0 Å². The summed E-state index contributed by atoms with van der Waals surface area (Å²) in [6, 6.07) is 4.51. The Morgan fingerprint density at radius 1 is 1.35 bits per heavy atom. The van der Waals surface area contributed by atoms with Crippen LogP contribution in [0.4, 0.5) is 0 Å². The third-order valence-corrected chi connectivity index (χ3v) is 3.00. The number of aromatic hydroxyl groups is 1. The summed E-state index contributed by atoms with van der Waals surface area (Å²) in [6.07, 6.45) is 2.85. The molecule has 3 nitrogen and oxygen atoms in total. The van der Waals surface area contributed by atoms with Crippen molar-refractivity contribution in [1.29, 1.82) is 0 Å². The van der Waals surface area contributed by atoms with E-state index in [-0.39, 0.29) is 10.8 Å². The molecule has 17 heavy (non-hydrogen) atoms. The number of phenols is 1. The largest absolute Gasteiger partial charge is 0.506 e. The lowest BCUT2D eigenvalue weighted by Crippen LogP contribution is -2.00. The quantitative estimate of drug-likeness (QED) is 0.851. The molecule has 1 heterocycles. The molecule has 1 N–H and O–H groups in total. The molecule has 4 heteroatoms. The molecule has 90 valence electrons. The van der Waals surface area contributed by atoms with E-state index in [0.717, 1.165) is 30.2 Å². The van der Waals surface area contributed by atoms with Crippen molar-refractivity contribution in [2.75, 3.05) is 0 Å². The standard InChI is InChI=1S/C13H13ClO3/c1-2-3-4-8-5-13(16)17-12-7-11(15)10(14)6-9(8)12/h5-7,15H,2-4H2,1H3. The Morgan fingerprint density at radius 2 is 2.12 bits per heavy atom. The molecule has 0 unspecified atom stereocenters. The summed E-state index contributed by atoms with van der Waals surface area (Å²) in [7, 11) is 0. The Kier molecular flexibility index (Phi) is 3.38. The van der Waals surface area contributed by atoms with Crippen LogP contribution in [0.5, 0.6) is 5.75 Å². The van der Waals surface area contributed by atoms with Crippen LogP contribution in [-0.4, -0.2) is 5.11 Å². The Hall–Kier alpha value is -1.48. The first-order valence-corrected chi connectivity index (χ1v) is 5.95. The van der Waals surface area contributed by atoms with E-state index >= 15 is 0 Å². The monoisotopic (exact) mass is 252 g/mol. The minimum atomic E-state index is -0.398. The highest BCUT2D eigenvalue weighted by molar-refractivity contribution is 6.32. The fraction of sp³-hybridized carbons (Fsp3) is 0.308. The number of fused-ring (bicyclic) bond motifs is 1. The van der Waals surface area contributed by atoms with Gasteiger partial charge in [-0.05, 0) is 24.5 Å². The molecule has 0 aliphatic carbocycles. The molecular weight excluding hydrogens is 240 g/mol. The number of halogens is 1. The first-order valence-electron chi connectivity index (χ1n) is 5.57. The first kappa shape index (κ1) is 12.0. The zero-order chi connectivity index (χ0) is 12.4. The molecule has 0 spiro atoms. The Bertz CT molecular complexity index is 601. The summed E-state index contributed by atoms with van der Waals surface area (Å²) in [6.45, 7) is 2.09. The number of hydrogen-bond acceptors (Lipinski definition) is 3. The van der Waals surface area contributed by atoms with E-state index in [2.05, 4.69) is 6.92 Å². The summed E-state index contributed by atoms with van der Waals surface area (Å²) >= 11 is 5.86. The van der Waals surface area contributed by atoms with Crippen LogP contribution in [0.1, 0.15) is 25.3 Å². The number of unbranched alkanes of at least 4 members (excludes halogenated alkanes) is 1. The maximum Gasteiger partial charge on any atom is 0.336 e. The smallest absolute Gasteiger partial charge is 0.336 e. The Morgan fingerprint density at radius 3 is 2.82 bits per heavy atom. The molecule has 0 saturated heterocycles. The van der Waals surface area contributed by atoms with E-state index in [0.29, 0.717) is 5.58 Å². The van der Waals surface area contributed by atoms with Gasteiger partial charge in [0.1, 0.15) is 11.3 Å². The highest BCUT2D eigenvalue weighted by Gasteiger charge is 2.09. The minimum absolute atomic E-state index is 0.0741. The minimum Gasteiger partial charge on any atom is -0.506 e. The van der Waals surface area contributed by atoms with Gasteiger partial charge in [0, 0.05) is 17.5 Å². The second-order valence-electron chi connectivity index (χ2n) is 3.99. The maximum absolute atomic E-state index is 11.4. The van der Waals surface area contributed by atoms with E-state index < -0.39 is 5.63 Å². The SMILES string of the molecule is CCCCc1cc(=O)oc2cc(O)c(Cl)cc12. The van der Waals surface area contributed by atoms with Crippen LogP contribution in [0, 0.1) is 0 Å². The van der Waals surface area contributed by atoms with Gasteiger partial charge in [0.15, 0.2) is 0 Å². The molecule has 2 aromatic rings. The molecule has 0 bridgehead atoms. The van der Waals surface area contributed by atoms with Gasteiger partial charge in [0.05, 0.1) is 5.02 Å². The molecule has 0 radical (unpaired) electrons. The number of hydrogen-bond donors (Lipinski definition) is 1. The zero-order valence-electron chi connectivity index (χ0n) is 9.50. The molecule has 0 aliphatic rings. The Balaban J connectivity index is 2.65. The van der Waals surface area contributed by atoms with Gasteiger partial charge in [0.25, 0.3) is 0 Å². The predicted molar refractivity (Wildman–Crippen MR) is 67.8 cm³/mol. The molecule has 0 amide bonds. The molecule has 0 aliphatic heterocycles. The first-order chi connectivity index (χ1) is 8.11. The van der Waals surface area contributed by atoms with Crippen molar-refractivity contribution in [3.8, 4) is 5.75 Å². The van der Waals surface area contributed by atoms with Gasteiger partial charge >= 0.3 is 5.63 Å². The van der Waals surface area contributed by atoms with E-state index in [1.165, 1.54) is 12.1 Å². The van der Waals surface area contributed by atoms with Gasteiger partial charge in [-0.1, -0.05) is 24.9 Å². The molecule has 2 rings (SSSR count). The zero-order valence-corrected chi connectivity index (χ0v) is 10.3. The maximum atomic E-state index is 11.4. The molecule has 1 aromatic carbocycles. The van der Waals surface area contributed by atoms with E-state index in [9.17, 15) is 9.90 Å². The predicted octanol–water partition coefficient (Wildman–Crippen LogP) is 3.49. The van der Waals surface area contributed by atoms with E-state index in [1.807, 2.05) is 0 Å². The molecule has 0 atom stereocenters.